The van der Waals surface area contributed by atoms with Crippen molar-refractivity contribution >= 4 is 11.8 Å². The van der Waals surface area contributed by atoms with E-state index in [0.717, 1.165) is 0 Å². The van der Waals surface area contributed by atoms with Gasteiger partial charge in [-0.3, -0.25) is 4.90 Å². The summed E-state index contributed by atoms with van der Waals surface area (Å²) in [5, 5.41) is 26.8. The summed E-state index contributed by atoms with van der Waals surface area (Å²) in [6.45, 7) is 1.65. The average molecular weight is 209 g/mol. The molecule has 0 aliphatic carbocycles. The Morgan fingerprint density at radius 1 is 1.23 bits per heavy atom. The van der Waals surface area contributed by atoms with Crippen molar-refractivity contribution in [2.75, 3.05) is 44.9 Å². The first-order valence-corrected chi connectivity index (χ1v) is 5.75. The Morgan fingerprint density at radius 2 is 1.77 bits per heavy atom. The summed E-state index contributed by atoms with van der Waals surface area (Å²) in [6, 6.07) is 0. The van der Waals surface area contributed by atoms with Crippen LogP contribution < -0.4 is 0 Å². The molecule has 0 rings (SSSR count). The maximum absolute atomic E-state index is 9.45. The molecule has 0 aromatic rings. The Bertz CT molecular complexity index is 110. The second-order valence-corrected chi connectivity index (χ2v) is 3.77. The molecule has 0 aromatic carbocycles. The molecule has 3 N–H and O–H groups in total. The van der Waals surface area contributed by atoms with Crippen LogP contribution in [0, 0.1) is 0 Å². The summed E-state index contributed by atoms with van der Waals surface area (Å²) in [5.41, 5.74) is 0. The molecule has 0 radical (unpaired) electrons. The first kappa shape index (κ1) is 13.2. The molecule has 0 saturated carbocycles. The Morgan fingerprint density at radius 3 is 2.15 bits per heavy atom. The van der Waals surface area contributed by atoms with Gasteiger partial charge in [0.2, 0.25) is 0 Å². The standard InChI is InChI=1S/C8H19NO3S/c1-13-7-8(12)6-9(2-4-10)3-5-11/h8,10-12H,2-7H2,1H3. The van der Waals surface area contributed by atoms with Gasteiger partial charge >= 0.3 is 0 Å². The van der Waals surface area contributed by atoms with Gasteiger partial charge in [0.1, 0.15) is 0 Å². The van der Waals surface area contributed by atoms with Crippen molar-refractivity contribution in [1.29, 1.82) is 0 Å². The van der Waals surface area contributed by atoms with Gasteiger partial charge in [-0.2, -0.15) is 11.8 Å². The summed E-state index contributed by atoms with van der Waals surface area (Å²) in [6.07, 6.45) is 1.55. The fourth-order valence-electron chi connectivity index (χ4n) is 1.12. The third-order valence-electron chi connectivity index (χ3n) is 1.66. The maximum atomic E-state index is 9.45. The molecular weight excluding hydrogens is 190 g/mol. The lowest BCUT2D eigenvalue weighted by Crippen LogP contribution is -2.37. The predicted molar refractivity (Wildman–Crippen MR) is 55.0 cm³/mol. The molecule has 1 unspecified atom stereocenters. The Hall–Kier alpha value is 0.190. The minimum atomic E-state index is -0.381. The molecule has 13 heavy (non-hydrogen) atoms. The predicted octanol–water partition coefficient (Wildman–Crippen LogP) is -1.00. The third kappa shape index (κ3) is 7.28. The lowest BCUT2D eigenvalue weighted by Gasteiger charge is -2.22. The normalized spacial score (nSPS) is 13.6. The molecule has 0 aliphatic rings. The zero-order chi connectivity index (χ0) is 10.1. The van der Waals surface area contributed by atoms with Crippen LogP contribution in [-0.4, -0.2) is 71.2 Å². The highest BCUT2D eigenvalue weighted by atomic mass is 32.2. The number of hydrogen-bond donors (Lipinski definition) is 3. The molecule has 4 nitrogen and oxygen atoms in total. The number of aliphatic hydroxyl groups excluding tert-OH is 3. The molecule has 1 atom stereocenters. The molecule has 0 saturated heterocycles. The number of rotatable bonds is 8. The minimum absolute atomic E-state index is 0.0615. The van der Waals surface area contributed by atoms with Gasteiger partial charge in [-0.25, -0.2) is 0 Å². The lowest BCUT2D eigenvalue weighted by molar-refractivity contribution is 0.0995. The highest BCUT2D eigenvalue weighted by molar-refractivity contribution is 7.98. The molecule has 5 heteroatoms. The molecule has 0 aromatic heterocycles. The fourth-order valence-corrected chi connectivity index (χ4v) is 1.61. The zero-order valence-electron chi connectivity index (χ0n) is 8.02. The topological polar surface area (TPSA) is 63.9 Å². The van der Waals surface area contributed by atoms with Crippen molar-refractivity contribution in [2.24, 2.45) is 0 Å². The zero-order valence-corrected chi connectivity index (χ0v) is 8.83. The fraction of sp³-hybridized carbons (Fsp3) is 1.00. The van der Waals surface area contributed by atoms with Gasteiger partial charge in [-0.05, 0) is 6.26 Å². The molecular formula is C8H19NO3S. The van der Waals surface area contributed by atoms with Crippen molar-refractivity contribution in [3.05, 3.63) is 0 Å². The van der Waals surface area contributed by atoms with Crippen LogP contribution >= 0.6 is 11.8 Å². The highest BCUT2D eigenvalue weighted by Gasteiger charge is 2.09. The molecule has 0 heterocycles. The van der Waals surface area contributed by atoms with Gasteiger partial charge in [0.15, 0.2) is 0 Å². The van der Waals surface area contributed by atoms with E-state index in [0.29, 0.717) is 25.4 Å². The van der Waals surface area contributed by atoms with E-state index in [9.17, 15) is 5.11 Å². The monoisotopic (exact) mass is 209 g/mol. The van der Waals surface area contributed by atoms with Crippen LogP contribution in [0.15, 0.2) is 0 Å². The van der Waals surface area contributed by atoms with E-state index < -0.39 is 0 Å². The van der Waals surface area contributed by atoms with Gasteiger partial charge in [0.05, 0.1) is 19.3 Å². The first-order valence-electron chi connectivity index (χ1n) is 4.35. The maximum Gasteiger partial charge on any atom is 0.0757 e. The van der Waals surface area contributed by atoms with Crippen LogP contribution in [0.25, 0.3) is 0 Å². The Kier molecular flexibility index (Phi) is 8.90. The van der Waals surface area contributed by atoms with E-state index in [-0.39, 0.29) is 19.3 Å². The van der Waals surface area contributed by atoms with Gasteiger partial charge in [-0.1, -0.05) is 0 Å². The second kappa shape index (κ2) is 8.77. The van der Waals surface area contributed by atoms with Crippen molar-refractivity contribution in [1.82, 2.24) is 4.90 Å². The van der Waals surface area contributed by atoms with Crippen LogP contribution in [0.2, 0.25) is 0 Å². The van der Waals surface area contributed by atoms with E-state index >= 15 is 0 Å². The third-order valence-corrected chi connectivity index (χ3v) is 2.38. The SMILES string of the molecule is CSCC(O)CN(CCO)CCO. The quantitative estimate of drug-likeness (QED) is 0.478. The average Bonchev–Trinajstić information content (AvgIpc) is 2.05. The molecule has 0 spiro atoms. The number of nitrogens with zero attached hydrogens (tertiary/aromatic N) is 1. The number of hydrogen-bond acceptors (Lipinski definition) is 5. The van der Waals surface area contributed by atoms with Gasteiger partial charge in [-0.15, -0.1) is 0 Å². The van der Waals surface area contributed by atoms with E-state index in [1.807, 2.05) is 11.2 Å². The Labute approximate surface area is 83.6 Å². The largest absolute Gasteiger partial charge is 0.395 e. The molecule has 0 fully saturated rings. The van der Waals surface area contributed by atoms with Gasteiger partial charge < -0.3 is 15.3 Å². The number of thioether (sulfide) groups is 1. The van der Waals surface area contributed by atoms with E-state index in [1.54, 1.807) is 11.8 Å². The molecule has 0 aliphatic heterocycles. The highest BCUT2D eigenvalue weighted by Crippen LogP contribution is 1.99. The van der Waals surface area contributed by atoms with E-state index in [4.69, 9.17) is 10.2 Å². The van der Waals surface area contributed by atoms with Crippen LogP contribution in [0.5, 0.6) is 0 Å². The van der Waals surface area contributed by atoms with E-state index in [2.05, 4.69) is 0 Å². The second-order valence-electron chi connectivity index (χ2n) is 2.86. The van der Waals surface area contributed by atoms with E-state index in [1.165, 1.54) is 0 Å². The van der Waals surface area contributed by atoms with Gasteiger partial charge in [0.25, 0.3) is 0 Å². The first-order chi connectivity index (χ1) is 6.24. The van der Waals surface area contributed by atoms with Crippen molar-refractivity contribution < 1.29 is 15.3 Å². The van der Waals surface area contributed by atoms with Crippen LogP contribution in [-0.2, 0) is 0 Å². The van der Waals surface area contributed by atoms with Crippen LogP contribution in [0.4, 0.5) is 0 Å². The summed E-state index contributed by atoms with van der Waals surface area (Å²) in [4.78, 5) is 1.85. The van der Waals surface area contributed by atoms with Gasteiger partial charge in [0, 0.05) is 25.4 Å². The van der Waals surface area contributed by atoms with Crippen molar-refractivity contribution in [2.45, 2.75) is 6.10 Å². The summed E-state index contributed by atoms with van der Waals surface area (Å²) in [7, 11) is 0. The summed E-state index contributed by atoms with van der Waals surface area (Å²) >= 11 is 1.59. The minimum Gasteiger partial charge on any atom is -0.395 e. The van der Waals surface area contributed by atoms with Crippen molar-refractivity contribution in [3.8, 4) is 0 Å². The van der Waals surface area contributed by atoms with Crippen molar-refractivity contribution in [3.63, 3.8) is 0 Å². The van der Waals surface area contributed by atoms with Crippen LogP contribution in [0.1, 0.15) is 0 Å². The lowest BCUT2D eigenvalue weighted by atomic mass is 10.3. The summed E-state index contributed by atoms with van der Waals surface area (Å²) in [5.74, 6) is 0.688. The van der Waals surface area contributed by atoms with Crippen LogP contribution in [0.3, 0.4) is 0 Å². The smallest absolute Gasteiger partial charge is 0.0757 e. The Balaban J connectivity index is 3.64. The molecule has 0 amide bonds. The molecule has 80 valence electrons. The summed E-state index contributed by atoms with van der Waals surface area (Å²) < 4.78 is 0. The molecule has 0 bridgehead atoms. The number of aliphatic hydroxyl groups is 3.